The van der Waals surface area contributed by atoms with Crippen LogP contribution in [0.5, 0.6) is 0 Å². The summed E-state index contributed by atoms with van der Waals surface area (Å²) in [6.07, 6.45) is 7.26. The minimum Gasteiger partial charge on any atom is -0.512 e. The third-order valence-corrected chi connectivity index (χ3v) is 10.5. The van der Waals surface area contributed by atoms with E-state index >= 15 is 0 Å². The number of hydrogen-bond acceptors (Lipinski definition) is 3. The number of carbonyl (C=O) groups is 1. The van der Waals surface area contributed by atoms with Crippen molar-refractivity contribution in [2.24, 2.45) is 11.8 Å². The Morgan fingerprint density at radius 3 is 1.92 bits per heavy atom. The molecular weight excluding hydrogens is 767 g/mol. The number of carbonyl (C=O) groups excluding carboxylic acids is 1. The van der Waals surface area contributed by atoms with E-state index in [1.54, 1.807) is 0 Å². The summed E-state index contributed by atoms with van der Waals surface area (Å²) in [5, 5.41) is 13.5. The molecule has 1 N–H and O–H groups in total. The predicted molar refractivity (Wildman–Crippen MR) is 201 cm³/mol. The van der Waals surface area contributed by atoms with Crippen molar-refractivity contribution in [3.63, 3.8) is 0 Å². The zero-order valence-electron chi connectivity index (χ0n) is 31.3. The Kier molecular flexibility index (Phi) is 13.1. The van der Waals surface area contributed by atoms with Gasteiger partial charge in [0.25, 0.3) is 0 Å². The van der Waals surface area contributed by atoms with Crippen molar-refractivity contribution in [3.05, 3.63) is 89.2 Å². The summed E-state index contributed by atoms with van der Waals surface area (Å²) >= 11 is 0. The van der Waals surface area contributed by atoms with Crippen molar-refractivity contribution in [3.8, 4) is 11.3 Å². The molecule has 0 unspecified atom stereocenters. The predicted octanol–water partition coefficient (Wildman–Crippen LogP) is 12.4. The number of nitrogens with zero attached hydrogens (tertiary/aromatic N) is 1. The van der Waals surface area contributed by atoms with Crippen LogP contribution in [0.4, 0.5) is 0 Å². The van der Waals surface area contributed by atoms with Gasteiger partial charge in [-0.25, -0.2) is 0 Å². The maximum atomic E-state index is 11.7. The molecule has 0 spiro atoms. The molecule has 4 heteroatoms. The second-order valence-electron chi connectivity index (χ2n) is 15.9. The number of fused-ring (bicyclic) bond motifs is 4. The standard InChI is InChI=1S/C31H34N.C13H24O2.Ir/c1-29(2,3)24-19-21(18-20-12-8-9-13-22(20)24)28-27-26(23-14-10-11-15-25(23)32-28)30(4,5)16-17-31(27,6)7;1-5-10(6-2)12(14)9-13(15)11(7-3)8-4;/h8-15,19H,16-17H2,1-7H3;9-11,14H,5-8H2,1-4H3;/q-1;;/b;12-9-;. The first kappa shape index (κ1) is 39.6. The van der Waals surface area contributed by atoms with Crippen LogP contribution in [0, 0.1) is 17.9 Å². The molecule has 1 aliphatic rings. The van der Waals surface area contributed by atoms with E-state index in [2.05, 4.69) is 109 Å². The minimum atomic E-state index is 0. The van der Waals surface area contributed by atoms with Crippen LogP contribution in [-0.4, -0.2) is 15.9 Å². The largest absolute Gasteiger partial charge is 0.512 e. The van der Waals surface area contributed by atoms with Gasteiger partial charge in [-0.3, -0.25) is 9.78 Å². The fourth-order valence-corrected chi connectivity index (χ4v) is 7.40. The molecule has 5 rings (SSSR count). The Hall–Kier alpha value is -2.81. The number of aliphatic hydroxyl groups excluding tert-OH is 1. The SMILES string of the molecule is CC(C)(C)c1cc(-c2nc3ccccc3c3c2C(C)(C)CCC3(C)C)[c-]c2ccccc12.CCC(CC)C(=O)/C=C(\O)C(CC)CC.[Ir]. The molecule has 0 fully saturated rings. The van der Waals surface area contributed by atoms with Gasteiger partial charge in [0.2, 0.25) is 0 Å². The second kappa shape index (κ2) is 15.8. The number of aromatic nitrogens is 1. The quantitative estimate of drug-likeness (QED) is 0.109. The Morgan fingerprint density at radius 2 is 1.35 bits per heavy atom. The summed E-state index contributed by atoms with van der Waals surface area (Å²) in [7, 11) is 0. The van der Waals surface area contributed by atoms with Gasteiger partial charge in [0.1, 0.15) is 0 Å². The molecule has 1 heterocycles. The van der Waals surface area contributed by atoms with Crippen LogP contribution in [0.15, 0.2) is 66.4 Å². The van der Waals surface area contributed by atoms with Gasteiger partial charge in [-0.15, -0.1) is 29.1 Å². The summed E-state index contributed by atoms with van der Waals surface area (Å²) < 4.78 is 0. The Morgan fingerprint density at radius 1 is 0.833 bits per heavy atom. The molecule has 4 aromatic rings. The molecule has 1 radical (unpaired) electrons. The van der Waals surface area contributed by atoms with E-state index in [0.29, 0.717) is 0 Å². The van der Waals surface area contributed by atoms with Gasteiger partial charge in [0.05, 0.1) is 11.3 Å². The van der Waals surface area contributed by atoms with Crippen LogP contribution in [0.2, 0.25) is 0 Å². The van der Waals surface area contributed by atoms with E-state index in [9.17, 15) is 9.90 Å². The van der Waals surface area contributed by atoms with Gasteiger partial charge in [-0.1, -0.05) is 124 Å². The zero-order chi connectivity index (χ0) is 34.7. The van der Waals surface area contributed by atoms with Gasteiger partial charge in [0, 0.05) is 49.1 Å². The maximum absolute atomic E-state index is 11.7. The van der Waals surface area contributed by atoms with E-state index in [1.807, 2.05) is 27.7 Å². The van der Waals surface area contributed by atoms with Crippen LogP contribution in [0.1, 0.15) is 131 Å². The molecular formula is C44H58IrNO2-. The molecule has 0 saturated carbocycles. The van der Waals surface area contributed by atoms with E-state index in [1.165, 1.54) is 51.8 Å². The van der Waals surface area contributed by atoms with Crippen molar-refractivity contribution < 1.29 is 30.0 Å². The minimum absolute atomic E-state index is 0. The summed E-state index contributed by atoms with van der Waals surface area (Å²) in [6, 6.07) is 23.5. The molecule has 3 nitrogen and oxygen atoms in total. The first-order valence-corrected chi connectivity index (χ1v) is 17.9. The Balaban J connectivity index is 0.000000334. The van der Waals surface area contributed by atoms with Gasteiger partial charge in [-0.05, 0) is 72.0 Å². The second-order valence-corrected chi connectivity index (χ2v) is 15.9. The van der Waals surface area contributed by atoms with Crippen LogP contribution in [0.3, 0.4) is 0 Å². The number of benzene rings is 3. The Labute approximate surface area is 304 Å². The first-order valence-electron chi connectivity index (χ1n) is 17.9. The van der Waals surface area contributed by atoms with Gasteiger partial charge in [0.15, 0.2) is 5.78 Å². The van der Waals surface area contributed by atoms with E-state index in [4.69, 9.17) is 4.98 Å². The normalized spacial score (nSPS) is 15.6. The number of allylic oxidation sites excluding steroid dienone is 2. The summed E-state index contributed by atoms with van der Waals surface area (Å²) in [4.78, 5) is 17.0. The van der Waals surface area contributed by atoms with Crippen molar-refractivity contribution in [2.45, 2.75) is 131 Å². The number of ketones is 1. The zero-order valence-corrected chi connectivity index (χ0v) is 33.7. The monoisotopic (exact) mass is 825 g/mol. The van der Waals surface area contributed by atoms with Crippen LogP contribution in [0.25, 0.3) is 32.9 Å². The van der Waals surface area contributed by atoms with Gasteiger partial charge < -0.3 is 5.11 Å². The van der Waals surface area contributed by atoms with Crippen LogP contribution in [-0.2, 0) is 41.1 Å². The average molecular weight is 825 g/mol. The molecule has 48 heavy (non-hydrogen) atoms. The summed E-state index contributed by atoms with van der Waals surface area (Å²) in [5.74, 6) is 0.547. The van der Waals surface area contributed by atoms with Crippen LogP contribution < -0.4 is 0 Å². The van der Waals surface area contributed by atoms with Crippen molar-refractivity contribution >= 4 is 27.5 Å². The molecule has 1 aliphatic carbocycles. The third-order valence-electron chi connectivity index (χ3n) is 10.5. The third kappa shape index (κ3) is 8.31. The Bertz CT molecular complexity index is 1750. The van der Waals surface area contributed by atoms with Gasteiger partial charge >= 0.3 is 0 Å². The number of aliphatic hydroxyl groups is 1. The van der Waals surface area contributed by atoms with Crippen molar-refractivity contribution in [1.29, 1.82) is 0 Å². The molecule has 0 amide bonds. The molecule has 0 atom stereocenters. The number of para-hydroxylation sites is 1. The molecule has 0 bridgehead atoms. The number of hydrogen-bond donors (Lipinski definition) is 1. The van der Waals surface area contributed by atoms with E-state index < -0.39 is 0 Å². The number of pyridine rings is 1. The van der Waals surface area contributed by atoms with Crippen LogP contribution >= 0.6 is 0 Å². The maximum Gasteiger partial charge on any atom is 0.162 e. The van der Waals surface area contributed by atoms with Gasteiger partial charge in [-0.2, -0.15) is 0 Å². The molecule has 0 saturated heterocycles. The summed E-state index contributed by atoms with van der Waals surface area (Å²) in [5.41, 5.74) is 7.81. The smallest absolute Gasteiger partial charge is 0.162 e. The average Bonchev–Trinajstić information content (AvgIpc) is 3.03. The van der Waals surface area contributed by atoms with Crippen molar-refractivity contribution in [2.75, 3.05) is 0 Å². The fraction of sp³-hybridized carbons (Fsp3) is 0.500. The molecule has 261 valence electrons. The van der Waals surface area contributed by atoms with E-state index in [-0.39, 0.29) is 59.7 Å². The molecule has 0 aliphatic heterocycles. The summed E-state index contributed by atoms with van der Waals surface area (Å²) in [6.45, 7) is 24.6. The van der Waals surface area contributed by atoms with Crippen molar-refractivity contribution in [1.82, 2.24) is 4.98 Å². The number of rotatable bonds is 8. The fourth-order valence-electron chi connectivity index (χ4n) is 7.40. The molecule has 3 aromatic carbocycles. The van der Waals surface area contributed by atoms with E-state index in [0.717, 1.165) is 42.5 Å². The first-order chi connectivity index (χ1) is 22.1. The molecule has 1 aromatic heterocycles. The topological polar surface area (TPSA) is 50.2 Å².